The topological polar surface area (TPSA) is 103 Å². The fourth-order valence-corrected chi connectivity index (χ4v) is 2.21. The lowest BCUT2D eigenvalue weighted by atomic mass is 10.00. The van der Waals surface area contributed by atoms with Crippen LogP contribution in [-0.2, 0) is 14.3 Å². The number of carbonyl (C=O) groups excluding carboxylic acids is 2. The molecule has 0 spiro atoms. The third-order valence-electron chi connectivity index (χ3n) is 3.36. The number of esters is 1. The third kappa shape index (κ3) is 3.70. The van der Waals surface area contributed by atoms with Gasteiger partial charge < -0.3 is 20.5 Å². The zero-order valence-corrected chi connectivity index (χ0v) is 13.4. The molecular weight excluding hydrogens is 317 g/mol. The van der Waals surface area contributed by atoms with Crippen molar-refractivity contribution in [3.05, 3.63) is 35.3 Å². The van der Waals surface area contributed by atoms with Crippen LogP contribution in [0.3, 0.4) is 0 Å². The van der Waals surface area contributed by atoms with Gasteiger partial charge in [-0.1, -0.05) is 0 Å². The SMILES string of the molecule is CCOC(=O)C(N)=C1CCNC(=O)C1=Nc1ccc(OC)c(F)c1. The van der Waals surface area contributed by atoms with Crippen molar-refractivity contribution >= 4 is 23.3 Å². The van der Waals surface area contributed by atoms with E-state index in [2.05, 4.69) is 10.3 Å². The van der Waals surface area contributed by atoms with Crippen molar-refractivity contribution in [1.82, 2.24) is 5.32 Å². The van der Waals surface area contributed by atoms with E-state index in [0.717, 1.165) is 6.07 Å². The molecule has 1 fully saturated rings. The second-order valence-electron chi connectivity index (χ2n) is 4.90. The third-order valence-corrected chi connectivity index (χ3v) is 3.36. The summed E-state index contributed by atoms with van der Waals surface area (Å²) in [6.45, 7) is 2.14. The normalized spacial score (nSPS) is 18.1. The molecule has 0 atom stereocenters. The molecular formula is C16H18FN3O4. The fraction of sp³-hybridized carbons (Fsp3) is 0.312. The standard InChI is InChI=1S/C16H18FN3O4/c1-3-24-16(22)13(18)10-6-7-19-15(21)14(10)20-9-4-5-12(23-2)11(17)8-9/h4-5,8H,3,6-7,18H2,1-2H3,(H,19,21). The lowest BCUT2D eigenvalue weighted by Gasteiger charge is -2.19. The number of carbonyl (C=O) groups is 2. The number of rotatable bonds is 4. The van der Waals surface area contributed by atoms with Crippen molar-refractivity contribution in [2.45, 2.75) is 13.3 Å². The Morgan fingerprint density at radius 3 is 2.83 bits per heavy atom. The molecule has 1 aromatic rings. The molecule has 0 aromatic heterocycles. The van der Waals surface area contributed by atoms with Crippen LogP contribution in [0.15, 0.2) is 34.5 Å². The van der Waals surface area contributed by atoms with E-state index in [9.17, 15) is 14.0 Å². The second-order valence-corrected chi connectivity index (χ2v) is 4.90. The quantitative estimate of drug-likeness (QED) is 0.636. The van der Waals surface area contributed by atoms with E-state index in [-0.39, 0.29) is 35.0 Å². The average molecular weight is 335 g/mol. The zero-order valence-electron chi connectivity index (χ0n) is 13.4. The molecule has 1 aliphatic rings. The first-order chi connectivity index (χ1) is 11.5. The highest BCUT2D eigenvalue weighted by Crippen LogP contribution is 2.24. The molecule has 0 saturated carbocycles. The number of halogens is 1. The highest BCUT2D eigenvalue weighted by atomic mass is 19.1. The first kappa shape index (κ1) is 17.5. The molecule has 8 heteroatoms. The maximum atomic E-state index is 13.8. The highest BCUT2D eigenvalue weighted by Gasteiger charge is 2.27. The summed E-state index contributed by atoms with van der Waals surface area (Å²) in [5.74, 6) is -1.75. The number of hydrogen-bond donors (Lipinski definition) is 2. The van der Waals surface area contributed by atoms with E-state index in [0.29, 0.717) is 13.0 Å². The monoisotopic (exact) mass is 335 g/mol. The van der Waals surface area contributed by atoms with Crippen molar-refractivity contribution in [1.29, 1.82) is 0 Å². The van der Waals surface area contributed by atoms with E-state index < -0.39 is 17.7 Å². The molecule has 0 aliphatic carbocycles. The van der Waals surface area contributed by atoms with Crippen LogP contribution in [0.4, 0.5) is 10.1 Å². The Hall–Kier alpha value is -2.90. The molecule has 7 nitrogen and oxygen atoms in total. The van der Waals surface area contributed by atoms with E-state index in [1.165, 1.54) is 19.2 Å². The summed E-state index contributed by atoms with van der Waals surface area (Å²) in [4.78, 5) is 28.1. The number of nitrogens with two attached hydrogens (primary N) is 1. The summed E-state index contributed by atoms with van der Waals surface area (Å²) >= 11 is 0. The number of benzene rings is 1. The number of piperidine rings is 1. The van der Waals surface area contributed by atoms with E-state index in [1.54, 1.807) is 6.92 Å². The maximum absolute atomic E-state index is 13.8. The number of methoxy groups -OCH3 is 1. The molecule has 1 amide bonds. The summed E-state index contributed by atoms with van der Waals surface area (Å²) in [5, 5.41) is 2.62. The summed E-state index contributed by atoms with van der Waals surface area (Å²) in [7, 11) is 1.35. The van der Waals surface area contributed by atoms with Gasteiger partial charge in [-0.3, -0.25) is 4.79 Å². The molecule has 1 heterocycles. The Labute approximate surface area is 138 Å². The lowest BCUT2D eigenvalue weighted by Crippen LogP contribution is -2.40. The van der Waals surface area contributed by atoms with Crippen LogP contribution in [0, 0.1) is 5.82 Å². The van der Waals surface area contributed by atoms with Crippen molar-refractivity contribution in [3.63, 3.8) is 0 Å². The second kappa shape index (κ2) is 7.58. The number of amides is 1. The van der Waals surface area contributed by atoms with Gasteiger partial charge in [0.15, 0.2) is 11.6 Å². The Kier molecular flexibility index (Phi) is 5.51. The van der Waals surface area contributed by atoms with Crippen LogP contribution in [-0.4, -0.2) is 37.8 Å². The van der Waals surface area contributed by atoms with Gasteiger partial charge in [-0.15, -0.1) is 0 Å². The molecule has 1 saturated heterocycles. The van der Waals surface area contributed by atoms with Gasteiger partial charge in [0.05, 0.1) is 19.4 Å². The van der Waals surface area contributed by atoms with Crippen LogP contribution >= 0.6 is 0 Å². The summed E-state index contributed by atoms with van der Waals surface area (Å²) < 4.78 is 23.5. The molecule has 1 aromatic carbocycles. The predicted molar refractivity (Wildman–Crippen MR) is 85.5 cm³/mol. The van der Waals surface area contributed by atoms with Gasteiger partial charge >= 0.3 is 5.97 Å². The highest BCUT2D eigenvalue weighted by molar-refractivity contribution is 6.47. The van der Waals surface area contributed by atoms with Gasteiger partial charge in [-0.05, 0) is 25.5 Å². The zero-order chi connectivity index (χ0) is 17.7. The molecule has 2 rings (SSSR count). The summed E-state index contributed by atoms with van der Waals surface area (Å²) in [6.07, 6.45) is 0.327. The Morgan fingerprint density at radius 2 is 2.21 bits per heavy atom. The molecule has 24 heavy (non-hydrogen) atoms. The summed E-state index contributed by atoms with van der Waals surface area (Å²) in [6, 6.07) is 4.02. The van der Waals surface area contributed by atoms with E-state index in [4.69, 9.17) is 15.2 Å². The number of nitrogens with one attached hydrogen (secondary N) is 1. The molecule has 0 bridgehead atoms. The van der Waals surface area contributed by atoms with E-state index in [1.807, 2.05) is 0 Å². The minimum absolute atomic E-state index is 0.0311. The number of ether oxygens (including phenoxy) is 2. The van der Waals surface area contributed by atoms with Gasteiger partial charge in [-0.25, -0.2) is 14.2 Å². The van der Waals surface area contributed by atoms with Gasteiger partial charge in [0.25, 0.3) is 5.91 Å². The average Bonchev–Trinajstić information content (AvgIpc) is 2.56. The van der Waals surface area contributed by atoms with Crippen molar-refractivity contribution in [3.8, 4) is 5.75 Å². The number of hydrogen-bond acceptors (Lipinski definition) is 6. The Balaban J connectivity index is 2.46. The lowest BCUT2D eigenvalue weighted by molar-refractivity contribution is -0.138. The first-order valence-corrected chi connectivity index (χ1v) is 7.34. The van der Waals surface area contributed by atoms with Crippen LogP contribution in [0.2, 0.25) is 0 Å². The smallest absolute Gasteiger partial charge is 0.354 e. The summed E-state index contributed by atoms with van der Waals surface area (Å²) in [5.41, 5.74) is 6.10. The van der Waals surface area contributed by atoms with Gasteiger partial charge in [-0.2, -0.15) is 0 Å². The van der Waals surface area contributed by atoms with Crippen molar-refractivity contribution < 1.29 is 23.5 Å². The number of nitrogens with zero attached hydrogens (tertiary/aromatic N) is 1. The Morgan fingerprint density at radius 1 is 1.46 bits per heavy atom. The molecule has 0 radical (unpaired) electrons. The minimum Gasteiger partial charge on any atom is -0.494 e. The maximum Gasteiger partial charge on any atom is 0.354 e. The molecule has 128 valence electrons. The van der Waals surface area contributed by atoms with Gasteiger partial charge in [0, 0.05) is 18.2 Å². The molecule has 3 N–H and O–H groups in total. The van der Waals surface area contributed by atoms with Gasteiger partial charge in [0.1, 0.15) is 11.4 Å². The minimum atomic E-state index is -0.712. The molecule has 0 unspecified atom stereocenters. The largest absolute Gasteiger partial charge is 0.494 e. The first-order valence-electron chi connectivity index (χ1n) is 7.34. The van der Waals surface area contributed by atoms with Crippen LogP contribution in [0.5, 0.6) is 5.75 Å². The Bertz CT molecular complexity index is 728. The molecule has 1 aliphatic heterocycles. The van der Waals surface area contributed by atoms with Crippen molar-refractivity contribution in [2.24, 2.45) is 10.7 Å². The fourth-order valence-electron chi connectivity index (χ4n) is 2.21. The van der Waals surface area contributed by atoms with Crippen LogP contribution < -0.4 is 15.8 Å². The van der Waals surface area contributed by atoms with E-state index >= 15 is 0 Å². The number of aliphatic imine (C=N–C) groups is 1. The van der Waals surface area contributed by atoms with Gasteiger partial charge in [0.2, 0.25) is 0 Å². The van der Waals surface area contributed by atoms with Crippen LogP contribution in [0.1, 0.15) is 13.3 Å². The van der Waals surface area contributed by atoms with Crippen LogP contribution in [0.25, 0.3) is 0 Å². The predicted octanol–water partition coefficient (Wildman–Crippen LogP) is 1.20. The van der Waals surface area contributed by atoms with Crippen molar-refractivity contribution in [2.75, 3.05) is 20.3 Å².